The monoisotopic (exact) mass is 303 g/mol. The zero-order chi connectivity index (χ0) is 13.7. The number of halogens is 1. The minimum atomic E-state index is 0. The van der Waals surface area contributed by atoms with E-state index in [-0.39, 0.29) is 24.2 Å². The van der Waals surface area contributed by atoms with Crippen LogP contribution in [0.4, 0.5) is 0 Å². The lowest BCUT2D eigenvalue weighted by atomic mass is 10.0. The van der Waals surface area contributed by atoms with Gasteiger partial charge in [-0.25, -0.2) is 0 Å². The van der Waals surface area contributed by atoms with Crippen molar-refractivity contribution in [2.75, 3.05) is 32.7 Å². The third-order valence-electron chi connectivity index (χ3n) is 4.10. The van der Waals surface area contributed by atoms with Gasteiger partial charge in [-0.3, -0.25) is 19.4 Å². The molecule has 0 aliphatic carbocycles. The van der Waals surface area contributed by atoms with Gasteiger partial charge in [0.2, 0.25) is 11.8 Å². The first-order valence-electron chi connectivity index (χ1n) is 7.50. The maximum atomic E-state index is 11.6. The summed E-state index contributed by atoms with van der Waals surface area (Å²) in [7, 11) is 0. The molecule has 2 rings (SSSR count). The highest BCUT2D eigenvalue weighted by atomic mass is 35.5. The summed E-state index contributed by atoms with van der Waals surface area (Å²) < 4.78 is 0. The molecule has 0 unspecified atom stereocenters. The Balaban J connectivity index is 0.00000200. The Kier molecular flexibility index (Phi) is 7.48. The zero-order valence-electron chi connectivity index (χ0n) is 12.3. The van der Waals surface area contributed by atoms with Crippen LogP contribution in [0.5, 0.6) is 0 Å². The molecule has 1 N–H and O–H groups in total. The Hall–Kier alpha value is -0.650. The van der Waals surface area contributed by atoms with E-state index in [1.807, 2.05) is 0 Å². The molecule has 0 atom stereocenters. The number of nitrogens with zero attached hydrogens (tertiary/aromatic N) is 2. The van der Waals surface area contributed by atoms with Gasteiger partial charge in [-0.1, -0.05) is 6.92 Å². The van der Waals surface area contributed by atoms with Crippen molar-refractivity contribution in [2.45, 2.75) is 45.1 Å². The van der Waals surface area contributed by atoms with Gasteiger partial charge in [0.05, 0.1) is 0 Å². The van der Waals surface area contributed by atoms with Crippen molar-refractivity contribution in [3.63, 3.8) is 0 Å². The summed E-state index contributed by atoms with van der Waals surface area (Å²) >= 11 is 0. The van der Waals surface area contributed by atoms with Crippen molar-refractivity contribution in [3.05, 3.63) is 0 Å². The predicted octanol–water partition coefficient (Wildman–Crippen LogP) is 1.02. The van der Waals surface area contributed by atoms with Crippen molar-refractivity contribution in [1.29, 1.82) is 0 Å². The summed E-state index contributed by atoms with van der Waals surface area (Å²) in [5.74, 6) is 0.0125. The molecule has 0 saturated carbocycles. The summed E-state index contributed by atoms with van der Waals surface area (Å²) in [6.07, 6.45) is 4.26. The topological polar surface area (TPSA) is 52.7 Å². The van der Waals surface area contributed by atoms with Crippen molar-refractivity contribution >= 4 is 24.2 Å². The SMILES string of the molecule is CCCN(CCN1C(=O)CCC1=O)C1CCNCC1.Cl. The minimum absolute atomic E-state index is 0. The standard InChI is InChI=1S/C14H25N3O2.ClH/c1-2-9-16(12-5-7-15-8-6-12)10-11-17-13(18)3-4-14(17)19;/h12,15H,2-11H2,1H3;1H. The molecule has 5 nitrogen and oxygen atoms in total. The van der Waals surface area contributed by atoms with Crippen molar-refractivity contribution in [3.8, 4) is 0 Å². The number of rotatable bonds is 6. The molecular formula is C14H26ClN3O2. The second-order valence-corrected chi connectivity index (χ2v) is 5.46. The number of piperidine rings is 1. The zero-order valence-corrected chi connectivity index (χ0v) is 13.1. The van der Waals surface area contributed by atoms with Gasteiger partial charge in [0.15, 0.2) is 0 Å². The van der Waals surface area contributed by atoms with Gasteiger partial charge in [0.25, 0.3) is 0 Å². The van der Waals surface area contributed by atoms with Gasteiger partial charge in [0, 0.05) is 32.0 Å². The van der Waals surface area contributed by atoms with Crippen LogP contribution in [-0.4, -0.2) is 60.4 Å². The molecule has 2 aliphatic heterocycles. The molecule has 0 aromatic rings. The van der Waals surface area contributed by atoms with Crippen LogP contribution in [0.25, 0.3) is 0 Å². The molecule has 0 aromatic heterocycles. The Morgan fingerprint density at radius 3 is 2.30 bits per heavy atom. The quantitative estimate of drug-likeness (QED) is 0.745. The van der Waals surface area contributed by atoms with Crippen molar-refractivity contribution < 1.29 is 9.59 Å². The van der Waals surface area contributed by atoms with E-state index in [9.17, 15) is 9.59 Å². The summed E-state index contributed by atoms with van der Waals surface area (Å²) in [4.78, 5) is 27.1. The molecule has 2 amide bonds. The maximum absolute atomic E-state index is 11.6. The van der Waals surface area contributed by atoms with E-state index < -0.39 is 0 Å². The summed E-state index contributed by atoms with van der Waals surface area (Å²) in [6, 6.07) is 0.606. The second kappa shape index (κ2) is 8.60. The van der Waals surface area contributed by atoms with Crippen LogP contribution >= 0.6 is 12.4 Å². The molecule has 0 spiro atoms. The van der Waals surface area contributed by atoms with Crippen LogP contribution in [0.2, 0.25) is 0 Å². The van der Waals surface area contributed by atoms with E-state index in [0.29, 0.717) is 25.4 Å². The highest BCUT2D eigenvalue weighted by Gasteiger charge is 2.29. The maximum Gasteiger partial charge on any atom is 0.229 e. The number of carbonyl (C=O) groups excluding carboxylic acids is 2. The van der Waals surface area contributed by atoms with Crippen LogP contribution in [0, 0.1) is 0 Å². The first-order chi connectivity index (χ1) is 9.22. The molecule has 2 aliphatic rings. The summed E-state index contributed by atoms with van der Waals surface area (Å²) in [5.41, 5.74) is 0. The first kappa shape index (κ1) is 17.4. The number of nitrogens with one attached hydrogen (secondary N) is 1. The van der Waals surface area contributed by atoms with Gasteiger partial charge in [-0.15, -0.1) is 12.4 Å². The minimum Gasteiger partial charge on any atom is -0.317 e. The van der Waals surface area contributed by atoms with E-state index in [1.54, 1.807) is 0 Å². The molecule has 20 heavy (non-hydrogen) atoms. The van der Waals surface area contributed by atoms with Gasteiger partial charge in [-0.05, 0) is 38.9 Å². The summed E-state index contributed by atoms with van der Waals surface area (Å²) in [6.45, 7) is 6.79. The van der Waals surface area contributed by atoms with Crippen molar-refractivity contribution in [1.82, 2.24) is 15.1 Å². The molecule has 116 valence electrons. The Labute approximate surface area is 127 Å². The highest BCUT2D eigenvalue weighted by molar-refractivity contribution is 6.01. The van der Waals surface area contributed by atoms with E-state index in [4.69, 9.17) is 0 Å². The van der Waals surface area contributed by atoms with Gasteiger partial charge in [0.1, 0.15) is 0 Å². The fraction of sp³-hybridized carbons (Fsp3) is 0.857. The van der Waals surface area contributed by atoms with E-state index in [2.05, 4.69) is 17.1 Å². The van der Waals surface area contributed by atoms with Gasteiger partial charge >= 0.3 is 0 Å². The normalized spacial score (nSPS) is 20.6. The van der Waals surface area contributed by atoms with Crippen LogP contribution in [0.3, 0.4) is 0 Å². The number of carbonyl (C=O) groups is 2. The van der Waals surface area contributed by atoms with Crippen LogP contribution < -0.4 is 5.32 Å². The average Bonchev–Trinajstić information content (AvgIpc) is 2.75. The molecular weight excluding hydrogens is 278 g/mol. The second-order valence-electron chi connectivity index (χ2n) is 5.46. The molecule has 6 heteroatoms. The van der Waals surface area contributed by atoms with Gasteiger partial charge < -0.3 is 5.32 Å². The third kappa shape index (κ3) is 4.43. The number of imide groups is 1. The van der Waals surface area contributed by atoms with Crippen LogP contribution in [0.15, 0.2) is 0 Å². The Bertz CT molecular complexity index is 316. The molecule has 0 aromatic carbocycles. The lowest BCUT2D eigenvalue weighted by Gasteiger charge is -2.35. The van der Waals surface area contributed by atoms with Crippen molar-refractivity contribution in [2.24, 2.45) is 0 Å². The Morgan fingerprint density at radius 2 is 1.75 bits per heavy atom. The van der Waals surface area contributed by atoms with Crippen LogP contribution in [0.1, 0.15) is 39.0 Å². The van der Waals surface area contributed by atoms with E-state index >= 15 is 0 Å². The molecule has 2 heterocycles. The fourth-order valence-corrected chi connectivity index (χ4v) is 3.04. The van der Waals surface area contributed by atoms with Gasteiger partial charge in [-0.2, -0.15) is 0 Å². The molecule has 0 bridgehead atoms. The number of likely N-dealkylation sites (tertiary alicyclic amines) is 1. The lowest BCUT2D eigenvalue weighted by molar-refractivity contribution is -0.138. The Morgan fingerprint density at radius 1 is 1.15 bits per heavy atom. The smallest absolute Gasteiger partial charge is 0.229 e. The molecule has 0 radical (unpaired) electrons. The highest BCUT2D eigenvalue weighted by Crippen LogP contribution is 2.15. The number of hydrogen-bond donors (Lipinski definition) is 1. The van der Waals surface area contributed by atoms with Crippen LogP contribution in [-0.2, 0) is 9.59 Å². The third-order valence-corrected chi connectivity index (χ3v) is 4.10. The molecule has 2 saturated heterocycles. The number of amides is 2. The van der Waals surface area contributed by atoms with E-state index in [1.165, 1.54) is 17.7 Å². The molecule has 2 fully saturated rings. The largest absolute Gasteiger partial charge is 0.317 e. The fourth-order valence-electron chi connectivity index (χ4n) is 3.04. The number of hydrogen-bond acceptors (Lipinski definition) is 4. The average molecular weight is 304 g/mol. The van der Waals surface area contributed by atoms with E-state index in [0.717, 1.165) is 32.6 Å². The predicted molar refractivity (Wildman–Crippen MR) is 81.0 cm³/mol. The lowest BCUT2D eigenvalue weighted by Crippen LogP contribution is -2.47. The summed E-state index contributed by atoms with van der Waals surface area (Å²) in [5, 5.41) is 3.38. The first-order valence-corrected chi connectivity index (χ1v) is 7.50.